The monoisotopic (exact) mass is 422 g/mol. The minimum Gasteiger partial charge on any atom is -0.496 e. The van der Waals surface area contributed by atoms with E-state index in [2.05, 4.69) is 10.6 Å². The summed E-state index contributed by atoms with van der Waals surface area (Å²) in [7, 11) is 1.60. The van der Waals surface area contributed by atoms with Crippen LogP contribution in [-0.2, 0) is 11.2 Å². The topological polar surface area (TPSA) is 76.7 Å². The molecule has 0 unspecified atom stereocenters. The molecule has 2 amide bonds. The molecule has 3 aromatic carbocycles. The van der Waals surface area contributed by atoms with Crippen molar-refractivity contribution in [2.24, 2.45) is 0 Å². The van der Waals surface area contributed by atoms with Crippen molar-refractivity contribution in [2.75, 3.05) is 25.6 Å². The Hall–Kier alpha value is -3.87. The molecular formula is C24H23FN2O4. The number of benzene rings is 3. The SMILES string of the molecule is COc1ccccc1CCNC(=O)c1ccccc1OCC(=O)Nc1ccccc1F. The minimum absolute atomic E-state index is 0.0680. The van der Waals surface area contributed by atoms with Crippen LogP contribution >= 0.6 is 0 Å². The first-order valence-corrected chi connectivity index (χ1v) is 9.75. The van der Waals surface area contributed by atoms with Crippen LogP contribution in [0, 0.1) is 5.82 Å². The average Bonchev–Trinajstić information content (AvgIpc) is 2.79. The normalized spacial score (nSPS) is 10.3. The first kappa shape index (κ1) is 21.8. The molecule has 0 heterocycles. The third-order valence-electron chi connectivity index (χ3n) is 4.51. The van der Waals surface area contributed by atoms with E-state index in [0.29, 0.717) is 18.5 Å². The summed E-state index contributed by atoms with van der Waals surface area (Å²) in [6.45, 7) is 0.0428. The summed E-state index contributed by atoms with van der Waals surface area (Å²) in [6, 6.07) is 20.1. The van der Waals surface area contributed by atoms with Gasteiger partial charge in [-0.05, 0) is 42.3 Å². The Morgan fingerprint density at radius 3 is 2.35 bits per heavy atom. The number of amides is 2. The fraction of sp³-hybridized carbons (Fsp3) is 0.167. The summed E-state index contributed by atoms with van der Waals surface area (Å²) in [5.74, 6) is -0.357. The molecule has 0 aliphatic heterocycles. The van der Waals surface area contributed by atoms with Gasteiger partial charge in [0.25, 0.3) is 11.8 Å². The van der Waals surface area contributed by atoms with Gasteiger partial charge in [-0.2, -0.15) is 0 Å². The summed E-state index contributed by atoms with van der Waals surface area (Å²) in [6.07, 6.45) is 0.601. The highest BCUT2D eigenvalue weighted by Gasteiger charge is 2.14. The molecule has 3 aromatic rings. The molecule has 0 saturated carbocycles. The third kappa shape index (κ3) is 6.05. The number of anilines is 1. The molecule has 0 radical (unpaired) electrons. The summed E-state index contributed by atoms with van der Waals surface area (Å²) < 4.78 is 24.5. The van der Waals surface area contributed by atoms with Crippen molar-refractivity contribution in [3.63, 3.8) is 0 Å². The van der Waals surface area contributed by atoms with Crippen LogP contribution in [0.25, 0.3) is 0 Å². The van der Waals surface area contributed by atoms with E-state index in [1.165, 1.54) is 18.2 Å². The fourth-order valence-electron chi connectivity index (χ4n) is 2.99. The van der Waals surface area contributed by atoms with Gasteiger partial charge in [-0.3, -0.25) is 9.59 Å². The van der Waals surface area contributed by atoms with E-state index >= 15 is 0 Å². The largest absolute Gasteiger partial charge is 0.496 e. The summed E-state index contributed by atoms with van der Waals surface area (Å²) in [5.41, 5.74) is 1.36. The molecule has 2 N–H and O–H groups in total. The lowest BCUT2D eigenvalue weighted by Crippen LogP contribution is -2.27. The van der Waals surface area contributed by atoms with Crippen LogP contribution in [0.1, 0.15) is 15.9 Å². The Morgan fingerprint density at radius 2 is 1.58 bits per heavy atom. The number of carbonyl (C=O) groups excluding carboxylic acids is 2. The van der Waals surface area contributed by atoms with E-state index in [-0.39, 0.29) is 24.0 Å². The Kier molecular flexibility index (Phi) is 7.59. The number of hydrogen-bond donors (Lipinski definition) is 2. The second-order valence-electron chi connectivity index (χ2n) is 6.63. The first-order chi connectivity index (χ1) is 15.1. The minimum atomic E-state index is -0.536. The van der Waals surface area contributed by atoms with E-state index in [1.54, 1.807) is 37.4 Å². The first-order valence-electron chi connectivity index (χ1n) is 9.75. The molecule has 7 heteroatoms. The van der Waals surface area contributed by atoms with Crippen LogP contribution in [-0.4, -0.2) is 32.1 Å². The van der Waals surface area contributed by atoms with Gasteiger partial charge in [0.2, 0.25) is 0 Å². The average molecular weight is 422 g/mol. The molecule has 160 valence electrons. The van der Waals surface area contributed by atoms with Crippen molar-refractivity contribution in [3.05, 3.63) is 89.7 Å². The van der Waals surface area contributed by atoms with Crippen LogP contribution in [0.3, 0.4) is 0 Å². The van der Waals surface area contributed by atoms with Gasteiger partial charge in [0.15, 0.2) is 6.61 Å². The lowest BCUT2D eigenvalue weighted by molar-refractivity contribution is -0.118. The fourth-order valence-corrected chi connectivity index (χ4v) is 2.99. The Morgan fingerprint density at radius 1 is 0.903 bits per heavy atom. The van der Waals surface area contributed by atoms with Gasteiger partial charge < -0.3 is 20.1 Å². The molecule has 0 aromatic heterocycles. The molecule has 0 aliphatic rings. The van der Waals surface area contributed by atoms with Gasteiger partial charge >= 0.3 is 0 Å². The number of hydrogen-bond acceptors (Lipinski definition) is 4. The lowest BCUT2D eigenvalue weighted by Gasteiger charge is -2.13. The van der Waals surface area contributed by atoms with Gasteiger partial charge in [-0.15, -0.1) is 0 Å². The van der Waals surface area contributed by atoms with Crippen molar-refractivity contribution >= 4 is 17.5 Å². The number of ether oxygens (including phenoxy) is 2. The Labute approximate surface area is 180 Å². The maximum absolute atomic E-state index is 13.7. The lowest BCUT2D eigenvalue weighted by atomic mass is 10.1. The smallest absolute Gasteiger partial charge is 0.262 e. The van der Waals surface area contributed by atoms with Gasteiger partial charge in [0, 0.05) is 6.54 Å². The zero-order chi connectivity index (χ0) is 22.1. The van der Waals surface area contributed by atoms with Crippen molar-refractivity contribution in [1.82, 2.24) is 5.32 Å². The number of nitrogens with one attached hydrogen (secondary N) is 2. The molecule has 6 nitrogen and oxygen atoms in total. The van der Waals surface area contributed by atoms with E-state index in [9.17, 15) is 14.0 Å². The maximum atomic E-state index is 13.7. The molecule has 0 aliphatic carbocycles. The number of carbonyl (C=O) groups is 2. The Balaban J connectivity index is 1.56. The zero-order valence-corrected chi connectivity index (χ0v) is 17.1. The standard InChI is InChI=1S/C24H23FN2O4/c1-30-21-12-6-2-8-17(21)14-15-26-24(29)18-9-3-7-13-22(18)31-16-23(28)27-20-11-5-4-10-19(20)25/h2-13H,14-16H2,1H3,(H,26,29)(H,27,28). The number of methoxy groups -OCH3 is 1. The molecule has 3 rings (SSSR count). The van der Waals surface area contributed by atoms with Crippen LogP contribution in [0.4, 0.5) is 10.1 Å². The van der Waals surface area contributed by atoms with Crippen molar-refractivity contribution in [1.29, 1.82) is 0 Å². The van der Waals surface area contributed by atoms with Crippen molar-refractivity contribution < 1.29 is 23.5 Å². The van der Waals surface area contributed by atoms with Gasteiger partial charge in [-0.25, -0.2) is 4.39 Å². The highest BCUT2D eigenvalue weighted by atomic mass is 19.1. The highest BCUT2D eigenvalue weighted by Crippen LogP contribution is 2.20. The zero-order valence-electron chi connectivity index (χ0n) is 17.1. The molecule has 31 heavy (non-hydrogen) atoms. The Bertz CT molecular complexity index is 1060. The van der Waals surface area contributed by atoms with Crippen LogP contribution in [0.2, 0.25) is 0 Å². The third-order valence-corrected chi connectivity index (χ3v) is 4.51. The molecule has 0 fully saturated rings. The predicted octanol–water partition coefficient (Wildman–Crippen LogP) is 3.82. The van der Waals surface area contributed by atoms with Gasteiger partial charge in [0.05, 0.1) is 18.4 Å². The summed E-state index contributed by atoms with van der Waals surface area (Å²) in [4.78, 5) is 24.7. The molecule has 0 atom stereocenters. The second kappa shape index (κ2) is 10.8. The van der Waals surface area contributed by atoms with Crippen molar-refractivity contribution in [3.8, 4) is 11.5 Å². The van der Waals surface area contributed by atoms with E-state index < -0.39 is 11.7 Å². The second-order valence-corrected chi connectivity index (χ2v) is 6.63. The summed E-state index contributed by atoms with van der Waals surface area (Å²) in [5, 5.41) is 5.29. The number of para-hydroxylation sites is 3. The van der Waals surface area contributed by atoms with Gasteiger partial charge in [0.1, 0.15) is 17.3 Å². The maximum Gasteiger partial charge on any atom is 0.262 e. The van der Waals surface area contributed by atoms with Crippen molar-refractivity contribution in [2.45, 2.75) is 6.42 Å². The van der Waals surface area contributed by atoms with Gasteiger partial charge in [-0.1, -0.05) is 42.5 Å². The highest BCUT2D eigenvalue weighted by molar-refractivity contribution is 5.97. The molecule has 0 bridgehead atoms. The predicted molar refractivity (Wildman–Crippen MR) is 116 cm³/mol. The molecule has 0 spiro atoms. The number of halogens is 1. The van der Waals surface area contributed by atoms with E-state index in [4.69, 9.17) is 9.47 Å². The van der Waals surface area contributed by atoms with Crippen LogP contribution in [0.15, 0.2) is 72.8 Å². The number of rotatable bonds is 9. The molecule has 0 saturated heterocycles. The quantitative estimate of drug-likeness (QED) is 0.550. The van der Waals surface area contributed by atoms with Crippen LogP contribution < -0.4 is 20.1 Å². The molecular weight excluding hydrogens is 399 g/mol. The summed E-state index contributed by atoms with van der Waals surface area (Å²) >= 11 is 0. The van der Waals surface area contributed by atoms with E-state index in [0.717, 1.165) is 11.3 Å². The van der Waals surface area contributed by atoms with E-state index in [1.807, 2.05) is 24.3 Å². The van der Waals surface area contributed by atoms with Crippen LogP contribution in [0.5, 0.6) is 11.5 Å².